The molecule has 1 atom stereocenters. The fraction of sp³-hybridized carbons (Fsp3) is 0.619. The van der Waals surface area contributed by atoms with Crippen molar-refractivity contribution in [1.82, 2.24) is 20.5 Å². The quantitative estimate of drug-likeness (QED) is 0.468. The zero-order chi connectivity index (χ0) is 20.5. The van der Waals surface area contributed by atoms with Crippen LogP contribution in [0.4, 0.5) is 0 Å². The lowest BCUT2D eigenvalue weighted by Crippen LogP contribution is -2.42. The molecule has 1 unspecified atom stereocenters. The van der Waals surface area contributed by atoms with Crippen LogP contribution in [0, 0.1) is 6.92 Å². The highest BCUT2D eigenvalue weighted by molar-refractivity contribution is 7.11. The first-order chi connectivity index (χ1) is 14.2. The molecule has 0 radical (unpaired) electrons. The summed E-state index contributed by atoms with van der Waals surface area (Å²) in [7, 11) is 0. The predicted octanol–water partition coefficient (Wildman–Crippen LogP) is 3.25. The molecule has 0 bridgehead atoms. The molecule has 2 aromatic rings. The highest BCUT2D eigenvalue weighted by Crippen LogP contribution is 2.26. The van der Waals surface area contributed by atoms with Crippen molar-refractivity contribution in [3.8, 4) is 0 Å². The molecule has 0 saturated carbocycles. The second-order valence-electron chi connectivity index (χ2n) is 7.04. The summed E-state index contributed by atoms with van der Waals surface area (Å²) in [6.07, 6.45) is 1.93. The van der Waals surface area contributed by atoms with Crippen LogP contribution in [0.1, 0.15) is 40.3 Å². The smallest absolute Gasteiger partial charge is 0.191 e. The van der Waals surface area contributed by atoms with Crippen molar-refractivity contribution in [3.63, 3.8) is 0 Å². The number of nitrogens with zero attached hydrogens (tertiary/aromatic N) is 3. The molecule has 3 rings (SSSR count). The van der Waals surface area contributed by atoms with Gasteiger partial charge in [0.2, 0.25) is 0 Å². The fourth-order valence-electron chi connectivity index (χ4n) is 3.49. The van der Waals surface area contributed by atoms with Crippen LogP contribution in [0.15, 0.2) is 22.5 Å². The molecule has 3 heterocycles. The van der Waals surface area contributed by atoms with Crippen molar-refractivity contribution in [1.29, 1.82) is 0 Å². The zero-order valence-electron chi connectivity index (χ0n) is 17.7. The Kier molecular flexibility index (Phi) is 8.92. The summed E-state index contributed by atoms with van der Waals surface area (Å²) in [5.74, 6) is 0.881. The highest BCUT2D eigenvalue weighted by atomic mass is 32.1. The molecule has 1 saturated heterocycles. The minimum absolute atomic E-state index is 0.308. The summed E-state index contributed by atoms with van der Waals surface area (Å²) in [4.78, 5) is 14.9. The summed E-state index contributed by atoms with van der Waals surface area (Å²) < 4.78 is 5.54. The molecule has 1 aliphatic rings. The number of rotatable bonds is 9. The van der Waals surface area contributed by atoms with E-state index in [1.54, 1.807) is 0 Å². The van der Waals surface area contributed by atoms with Crippen LogP contribution < -0.4 is 10.6 Å². The van der Waals surface area contributed by atoms with Gasteiger partial charge in [-0.1, -0.05) is 13.0 Å². The average Bonchev–Trinajstić information content (AvgIpc) is 3.39. The normalized spacial score (nSPS) is 16.7. The zero-order valence-corrected chi connectivity index (χ0v) is 19.4. The third-order valence-corrected chi connectivity index (χ3v) is 7.07. The lowest BCUT2D eigenvalue weighted by Gasteiger charge is -2.33. The second kappa shape index (κ2) is 11.6. The van der Waals surface area contributed by atoms with Gasteiger partial charge in [-0.2, -0.15) is 0 Å². The summed E-state index contributed by atoms with van der Waals surface area (Å²) in [6.45, 7) is 12.4. The standard InChI is InChI=1S/C21H33N5OS2/c1-4-17-16(3)29-20(25-17)8-9-23-21(22-5-2)24-15-18(19-7-6-14-28-19)26-10-12-27-13-11-26/h6-7,14,18H,4-5,8-13,15H2,1-3H3,(H2,22,23,24). The molecule has 2 N–H and O–H groups in total. The van der Waals surface area contributed by atoms with Gasteiger partial charge in [-0.05, 0) is 31.7 Å². The second-order valence-corrected chi connectivity index (χ2v) is 9.31. The maximum atomic E-state index is 5.54. The number of aromatic nitrogens is 1. The van der Waals surface area contributed by atoms with Gasteiger partial charge in [0.25, 0.3) is 0 Å². The first kappa shape index (κ1) is 22.2. The number of nitrogens with one attached hydrogen (secondary N) is 2. The van der Waals surface area contributed by atoms with E-state index in [9.17, 15) is 0 Å². The highest BCUT2D eigenvalue weighted by Gasteiger charge is 2.23. The number of aryl methyl sites for hydroxylation is 2. The summed E-state index contributed by atoms with van der Waals surface area (Å²) in [5, 5.41) is 10.2. The third kappa shape index (κ3) is 6.50. The number of hydrogen-bond donors (Lipinski definition) is 2. The SMILES string of the molecule is CCNC(=NCC(c1cccs1)N1CCOCC1)NCCc1nc(CC)c(C)s1. The molecular formula is C21H33N5OS2. The number of morpholine rings is 1. The molecule has 160 valence electrons. The van der Waals surface area contributed by atoms with E-state index in [0.717, 1.165) is 64.7 Å². The number of aliphatic imine (C=N–C) groups is 1. The number of thiazole rings is 1. The van der Waals surface area contributed by atoms with Gasteiger partial charge < -0.3 is 15.4 Å². The van der Waals surface area contributed by atoms with E-state index in [1.165, 1.54) is 20.5 Å². The first-order valence-corrected chi connectivity index (χ1v) is 12.2. The minimum Gasteiger partial charge on any atom is -0.379 e. The van der Waals surface area contributed by atoms with Crippen molar-refractivity contribution < 1.29 is 4.74 Å². The average molecular weight is 436 g/mol. The van der Waals surface area contributed by atoms with E-state index in [1.807, 2.05) is 22.7 Å². The van der Waals surface area contributed by atoms with Gasteiger partial charge in [-0.15, -0.1) is 22.7 Å². The maximum Gasteiger partial charge on any atom is 0.191 e. The van der Waals surface area contributed by atoms with Gasteiger partial charge in [0, 0.05) is 42.4 Å². The van der Waals surface area contributed by atoms with Gasteiger partial charge in [-0.25, -0.2) is 4.98 Å². The lowest BCUT2D eigenvalue weighted by molar-refractivity contribution is 0.0186. The van der Waals surface area contributed by atoms with E-state index in [-0.39, 0.29) is 0 Å². The number of guanidine groups is 1. The summed E-state index contributed by atoms with van der Waals surface area (Å²) in [6, 6.07) is 4.65. The predicted molar refractivity (Wildman–Crippen MR) is 123 cm³/mol. The Morgan fingerprint density at radius 2 is 2.14 bits per heavy atom. The summed E-state index contributed by atoms with van der Waals surface area (Å²) >= 11 is 3.62. The van der Waals surface area contributed by atoms with Crippen molar-refractivity contribution in [3.05, 3.63) is 38.0 Å². The van der Waals surface area contributed by atoms with Crippen LogP contribution in [-0.4, -0.2) is 61.8 Å². The molecule has 0 aliphatic carbocycles. The topological polar surface area (TPSA) is 61.8 Å². The van der Waals surface area contributed by atoms with Crippen LogP contribution in [0.3, 0.4) is 0 Å². The van der Waals surface area contributed by atoms with Crippen molar-refractivity contribution in [2.24, 2.45) is 4.99 Å². The molecule has 0 amide bonds. The van der Waals surface area contributed by atoms with Crippen molar-refractivity contribution in [2.45, 2.75) is 39.7 Å². The van der Waals surface area contributed by atoms with Gasteiger partial charge in [0.1, 0.15) is 0 Å². The number of ether oxygens (including phenoxy) is 1. The molecule has 1 aliphatic heterocycles. The molecule has 1 fully saturated rings. The molecule has 6 nitrogen and oxygen atoms in total. The first-order valence-electron chi connectivity index (χ1n) is 10.5. The molecule has 29 heavy (non-hydrogen) atoms. The van der Waals surface area contributed by atoms with Crippen molar-refractivity contribution >= 4 is 28.6 Å². The van der Waals surface area contributed by atoms with Gasteiger partial charge in [-0.3, -0.25) is 9.89 Å². The lowest BCUT2D eigenvalue weighted by atomic mass is 10.2. The Morgan fingerprint density at radius 1 is 1.31 bits per heavy atom. The number of hydrogen-bond acceptors (Lipinski definition) is 6. The van der Waals surface area contributed by atoms with E-state index in [2.05, 4.69) is 53.8 Å². The Balaban J connectivity index is 1.59. The summed E-state index contributed by atoms with van der Waals surface area (Å²) in [5.41, 5.74) is 1.23. The van der Waals surface area contributed by atoms with Gasteiger partial charge in [0.05, 0.1) is 36.5 Å². The molecule has 2 aromatic heterocycles. The van der Waals surface area contributed by atoms with E-state index < -0.39 is 0 Å². The largest absolute Gasteiger partial charge is 0.379 e. The molecular weight excluding hydrogens is 402 g/mol. The van der Waals surface area contributed by atoms with Gasteiger partial charge in [0.15, 0.2) is 5.96 Å². The van der Waals surface area contributed by atoms with Crippen LogP contribution >= 0.6 is 22.7 Å². The maximum absolute atomic E-state index is 5.54. The Hall–Kier alpha value is -1.48. The van der Waals surface area contributed by atoms with E-state index in [0.29, 0.717) is 6.04 Å². The minimum atomic E-state index is 0.308. The van der Waals surface area contributed by atoms with Crippen LogP contribution in [0.25, 0.3) is 0 Å². The van der Waals surface area contributed by atoms with Crippen LogP contribution in [0.5, 0.6) is 0 Å². The monoisotopic (exact) mass is 435 g/mol. The van der Waals surface area contributed by atoms with E-state index >= 15 is 0 Å². The van der Waals surface area contributed by atoms with Crippen LogP contribution in [0.2, 0.25) is 0 Å². The van der Waals surface area contributed by atoms with Crippen molar-refractivity contribution in [2.75, 3.05) is 45.9 Å². The van der Waals surface area contributed by atoms with Gasteiger partial charge >= 0.3 is 0 Å². The Morgan fingerprint density at radius 3 is 2.79 bits per heavy atom. The van der Waals surface area contributed by atoms with E-state index in [4.69, 9.17) is 14.7 Å². The third-order valence-electron chi connectivity index (χ3n) is 5.03. The molecule has 0 aromatic carbocycles. The van der Waals surface area contributed by atoms with Crippen LogP contribution in [-0.2, 0) is 17.6 Å². The Bertz CT molecular complexity index is 753. The number of thiophene rings is 1. The molecule has 0 spiro atoms. The molecule has 8 heteroatoms. The Labute approximate surface area is 182 Å². The fourth-order valence-corrected chi connectivity index (χ4v) is 5.36.